The molecule has 0 heterocycles. The molecule has 1 unspecified atom stereocenters. The zero-order chi connectivity index (χ0) is 28.6. The normalized spacial score (nSPS) is 29.3. The maximum atomic E-state index is 13.9. The first kappa shape index (κ1) is 24.5. The predicted octanol–water partition coefficient (Wildman–Crippen LogP) is 1.81. The maximum absolute atomic E-state index is 13.9. The lowest BCUT2D eigenvalue weighted by atomic mass is 9.50. The summed E-state index contributed by atoms with van der Waals surface area (Å²) in [6.45, 7) is 1.64. The van der Waals surface area contributed by atoms with Crippen LogP contribution in [0.4, 0.5) is 0 Å². The smallest absolute Gasteiger partial charge is 0.202 e. The first-order valence-electron chi connectivity index (χ1n) is 12.5. The van der Waals surface area contributed by atoms with E-state index < -0.39 is 86.2 Å². The Bertz CT molecular complexity index is 1800. The highest BCUT2D eigenvalue weighted by Crippen LogP contribution is 2.67. The van der Waals surface area contributed by atoms with Crippen molar-refractivity contribution in [2.45, 2.75) is 37.1 Å². The van der Waals surface area contributed by atoms with Crippen LogP contribution < -0.4 is 0 Å². The zero-order valence-corrected chi connectivity index (χ0v) is 20.8. The second-order valence-corrected chi connectivity index (χ2v) is 11.0. The number of carbonyl (C=O) groups excluding carboxylic acids is 3. The molecule has 3 aromatic rings. The Balaban J connectivity index is 1.54. The van der Waals surface area contributed by atoms with Crippen molar-refractivity contribution in [3.63, 3.8) is 0 Å². The molecule has 10 nitrogen and oxygen atoms in total. The number of Topliss-reactive ketones (excluding diaryl/α,β-unsaturated/α-hetero) is 1. The van der Waals surface area contributed by atoms with Gasteiger partial charge in [-0.2, -0.15) is 0 Å². The molecule has 202 valence electrons. The highest BCUT2D eigenvalue weighted by molar-refractivity contribution is 6.31. The number of fused-ring (bicyclic) bond motifs is 6. The van der Waals surface area contributed by atoms with E-state index in [-0.39, 0.29) is 34.2 Å². The molecule has 0 amide bonds. The molecule has 7 N–H and O–H groups in total. The third-order valence-corrected chi connectivity index (χ3v) is 9.15. The van der Waals surface area contributed by atoms with Gasteiger partial charge in [0, 0.05) is 11.5 Å². The summed E-state index contributed by atoms with van der Waals surface area (Å²) < 4.78 is 0. The van der Waals surface area contributed by atoms with E-state index in [0.29, 0.717) is 5.56 Å². The second kappa shape index (κ2) is 7.36. The van der Waals surface area contributed by atoms with Gasteiger partial charge in [-0.3, -0.25) is 14.4 Å². The Morgan fingerprint density at radius 1 is 0.725 bits per heavy atom. The molecule has 0 saturated carbocycles. The van der Waals surface area contributed by atoms with Crippen LogP contribution >= 0.6 is 0 Å². The number of allylic oxidation sites excluding steroid dienone is 1. The van der Waals surface area contributed by atoms with E-state index >= 15 is 0 Å². The lowest BCUT2D eigenvalue weighted by molar-refractivity contribution is -0.171. The monoisotopic (exact) mass is 542 g/mol. The number of hydrogen-bond acceptors (Lipinski definition) is 10. The molecule has 40 heavy (non-hydrogen) atoms. The molecule has 0 radical (unpaired) electrons. The summed E-state index contributed by atoms with van der Waals surface area (Å²) in [6, 6.07) is 6.11. The molecule has 0 aromatic heterocycles. The van der Waals surface area contributed by atoms with Gasteiger partial charge in [-0.25, -0.2) is 0 Å². The van der Waals surface area contributed by atoms with Crippen LogP contribution in [0.15, 0.2) is 42.5 Å². The molecule has 5 atom stereocenters. The van der Waals surface area contributed by atoms with Gasteiger partial charge >= 0.3 is 0 Å². The van der Waals surface area contributed by atoms with Crippen molar-refractivity contribution in [3.8, 4) is 23.0 Å². The summed E-state index contributed by atoms with van der Waals surface area (Å²) in [7, 11) is 0. The molecule has 0 saturated heterocycles. The topological polar surface area (TPSA) is 193 Å². The number of aryl methyl sites for hydroxylation is 1. The molecule has 0 aliphatic heterocycles. The van der Waals surface area contributed by atoms with Crippen LogP contribution in [0.5, 0.6) is 23.0 Å². The van der Waals surface area contributed by atoms with Crippen molar-refractivity contribution in [1.29, 1.82) is 0 Å². The Kier molecular flexibility index (Phi) is 4.51. The highest BCUT2D eigenvalue weighted by Gasteiger charge is 2.72. The van der Waals surface area contributed by atoms with Gasteiger partial charge < -0.3 is 35.7 Å². The predicted molar refractivity (Wildman–Crippen MR) is 136 cm³/mol. The zero-order valence-electron chi connectivity index (χ0n) is 20.8. The summed E-state index contributed by atoms with van der Waals surface area (Å²) in [4.78, 5) is 41.3. The van der Waals surface area contributed by atoms with Gasteiger partial charge in [0.25, 0.3) is 0 Å². The van der Waals surface area contributed by atoms with Gasteiger partial charge in [-0.05, 0) is 59.9 Å². The minimum atomic E-state index is -2.67. The number of rotatable bonds is 0. The van der Waals surface area contributed by atoms with E-state index in [1.54, 1.807) is 6.92 Å². The van der Waals surface area contributed by atoms with Crippen molar-refractivity contribution < 1.29 is 50.1 Å². The standard InChI is InChI=1S/C30H22O10/c1-10-6-12-20(17(33)7-10)28(39)30(40)19(35)5-2-14-11-8-18(34)24-21(13(11)9-29(14,30)27(12)38)25(36)22-15(31)3-4-16(32)23(22)26(24)37/h2-8,14,19,27,31-35,38,40H,9H2,1H3/t14-,19-,27+,29+,30?/m1/s1. The van der Waals surface area contributed by atoms with Crippen molar-refractivity contribution in [2.24, 2.45) is 5.41 Å². The number of carbonyl (C=O) groups is 3. The Labute approximate surface area is 225 Å². The molecular weight excluding hydrogens is 520 g/mol. The molecule has 4 aliphatic carbocycles. The van der Waals surface area contributed by atoms with Crippen LogP contribution in [0.25, 0.3) is 0 Å². The SMILES string of the molecule is Cc1cc(O)c2c(c1)[C@H](O)[C@]13Cc4c(cc(O)c5c4C(=O)c4c(O)ccc(O)c4C5=O)[C@H]1C=C[C@@H](O)C3(O)C2=O. The fraction of sp³-hybridized carbons (Fsp3) is 0.233. The average Bonchev–Trinajstić information content (AvgIpc) is 3.23. The number of hydrogen-bond donors (Lipinski definition) is 7. The Morgan fingerprint density at radius 3 is 1.95 bits per heavy atom. The largest absolute Gasteiger partial charge is 0.507 e. The van der Waals surface area contributed by atoms with Gasteiger partial charge in [0.15, 0.2) is 11.4 Å². The first-order valence-corrected chi connectivity index (χ1v) is 12.5. The maximum Gasteiger partial charge on any atom is 0.202 e. The highest BCUT2D eigenvalue weighted by atomic mass is 16.4. The Morgan fingerprint density at radius 2 is 1.30 bits per heavy atom. The van der Waals surface area contributed by atoms with Gasteiger partial charge in [-0.1, -0.05) is 18.2 Å². The molecule has 0 bridgehead atoms. The molecular formula is C30H22O10. The van der Waals surface area contributed by atoms with E-state index in [1.807, 2.05) is 0 Å². The minimum Gasteiger partial charge on any atom is -0.507 e. The van der Waals surface area contributed by atoms with Gasteiger partial charge in [0.05, 0.1) is 33.8 Å². The van der Waals surface area contributed by atoms with E-state index in [0.717, 1.165) is 12.1 Å². The molecule has 3 aromatic carbocycles. The lowest BCUT2D eigenvalue weighted by Crippen LogP contribution is -2.68. The minimum absolute atomic E-state index is 0.0286. The fourth-order valence-electron chi connectivity index (χ4n) is 7.47. The van der Waals surface area contributed by atoms with Crippen LogP contribution in [0.3, 0.4) is 0 Å². The van der Waals surface area contributed by atoms with E-state index in [4.69, 9.17) is 0 Å². The van der Waals surface area contributed by atoms with E-state index in [9.17, 15) is 50.1 Å². The van der Waals surface area contributed by atoms with Gasteiger partial charge in [0.1, 0.15) is 29.1 Å². The summed E-state index contributed by atoms with van der Waals surface area (Å²) >= 11 is 0. The van der Waals surface area contributed by atoms with Crippen LogP contribution in [-0.2, 0) is 6.42 Å². The van der Waals surface area contributed by atoms with Crippen LogP contribution in [0.2, 0.25) is 0 Å². The van der Waals surface area contributed by atoms with Crippen molar-refractivity contribution in [1.82, 2.24) is 0 Å². The number of phenolic OH excluding ortho intramolecular Hbond substituents is 4. The number of ketones is 3. The second-order valence-electron chi connectivity index (χ2n) is 11.0. The van der Waals surface area contributed by atoms with Crippen molar-refractivity contribution in [2.75, 3.05) is 0 Å². The van der Waals surface area contributed by atoms with Crippen LogP contribution in [0.1, 0.15) is 76.5 Å². The van der Waals surface area contributed by atoms with Gasteiger partial charge in [-0.15, -0.1) is 0 Å². The number of phenols is 4. The third kappa shape index (κ3) is 2.48. The fourth-order valence-corrected chi connectivity index (χ4v) is 7.47. The first-order chi connectivity index (χ1) is 18.9. The summed E-state index contributed by atoms with van der Waals surface area (Å²) in [6.07, 6.45) is -1.19. The lowest BCUT2D eigenvalue weighted by Gasteiger charge is -2.56. The summed E-state index contributed by atoms with van der Waals surface area (Å²) in [5.74, 6) is -6.05. The molecule has 7 rings (SSSR count). The van der Waals surface area contributed by atoms with Crippen molar-refractivity contribution in [3.05, 3.63) is 92.6 Å². The van der Waals surface area contributed by atoms with Gasteiger partial charge in [0.2, 0.25) is 11.6 Å². The number of aliphatic hydroxyl groups is 3. The van der Waals surface area contributed by atoms with E-state index in [1.165, 1.54) is 30.4 Å². The molecule has 4 aliphatic rings. The molecule has 0 fully saturated rings. The van der Waals surface area contributed by atoms with Crippen LogP contribution in [-0.4, -0.2) is 64.8 Å². The summed E-state index contributed by atoms with van der Waals surface area (Å²) in [5.41, 5.74) is -5.65. The van der Waals surface area contributed by atoms with E-state index in [2.05, 4.69) is 0 Å². The third-order valence-electron chi connectivity index (χ3n) is 9.15. The molecule has 10 heteroatoms. The van der Waals surface area contributed by atoms with Crippen LogP contribution in [0, 0.1) is 12.3 Å². The number of aromatic hydroxyl groups is 4. The average molecular weight is 542 g/mol. The summed E-state index contributed by atoms with van der Waals surface area (Å²) in [5, 5.41) is 77.5. The molecule has 1 spiro atoms. The number of benzene rings is 3. The number of aliphatic hydroxyl groups excluding tert-OH is 2. The van der Waals surface area contributed by atoms with Crippen molar-refractivity contribution >= 4 is 17.3 Å². The Hall–Kier alpha value is -4.51. The quantitative estimate of drug-likeness (QED) is 0.127.